The minimum absolute atomic E-state index is 0.109. The molecule has 3 aromatic carbocycles. The van der Waals surface area contributed by atoms with Gasteiger partial charge in [0.15, 0.2) is 0 Å². The maximum atomic E-state index is 14.6. The van der Waals surface area contributed by atoms with Crippen molar-refractivity contribution in [2.24, 2.45) is 5.41 Å². The molecule has 0 bridgehead atoms. The Hall–Kier alpha value is -3.60. The molecule has 2 fully saturated rings. The number of nitrogens with zero attached hydrogens (tertiary/aromatic N) is 1. The van der Waals surface area contributed by atoms with Gasteiger partial charge < -0.3 is 14.6 Å². The quantitative estimate of drug-likeness (QED) is 0.348. The first-order valence-corrected chi connectivity index (χ1v) is 12.4. The van der Waals surface area contributed by atoms with Crippen LogP contribution in [0, 0.1) is 11.2 Å². The molecule has 4 aromatic rings. The van der Waals surface area contributed by atoms with E-state index in [9.17, 15) is 9.18 Å². The molecule has 1 aromatic heterocycles. The van der Waals surface area contributed by atoms with Crippen molar-refractivity contribution in [2.45, 2.75) is 44.7 Å². The lowest BCUT2D eigenvalue weighted by atomic mass is 9.54. The molecule has 35 heavy (non-hydrogen) atoms. The number of nitrogens with one attached hydrogen (secondary N) is 1. The molecule has 0 unspecified atom stereocenters. The van der Waals surface area contributed by atoms with Gasteiger partial charge in [0.25, 0.3) is 5.91 Å². The number of rotatable bonds is 6. The van der Waals surface area contributed by atoms with E-state index in [4.69, 9.17) is 4.74 Å². The van der Waals surface area contributed by atoms with Crippen molar-refractivity contribution in [1.82, 2.24) is 9.88 Å². The number of carbonyl (C=O) groups is 1. The average molecular weight is 469 g/mol. The molecule has 4 nitrogen and oxygen atoms in total. The Morgan fingerprint density at radius 1 is 1.06 bits per heavy atom. The number of fused-ring (bicyclic) bond motifs is 1. The summed E-state index contributed by atoms with van der Waals surface area (Å²) in [6.07, 6.45) is 7.91. The predicted molar refractivity (Wildman–Crippen MR) is 136 cm³/mol. The molecule has 1 N–H and O–H groups in total. The van der Waals surface area contributed by atoms with E-state index in [0.29, 0.717) is 28.4 Å². The van der Waals surface area contributed by atoms with E-state index in [2.05, 4.69) is 35.6 Å². The third-order valence-electron chi connectivity index (χ3n) is 7.94. The Balaban J connectivity index is 1.24. The van der Waals surface area contributed by atoms with Gasteiger partial charge in [-0.25, -0.2) is 4.39 Å². The Labute approximate surface area is 204 Å². The van der Waals surface area contributed by atoms with Crippen molar-refractivity contribution in [2.75, 3.05) is 7.11 Å². The van der Waals surface area contributed by atoms with Gasteiger partial charge in [0.2, 0.25) is 0 Å². The molecule has 6 rings (SSSR count). The molecule has 2 aliphatic carbocycles. The van der Waals surface area contributed by atoms with E-state index >= 15 is 0 Å². The average Bonchev–Trinajstić information content (AvgIpc) is 3.25. The van der Waals surface area contributed by atoms with Crippen LogP contribution < -0.4 is 10.1 Å². The van der Waals surface area contributed by atoms with E-state index in [1.807, 2.05) is 29.0 Å². The van der Waals surface area contributed by atoms with Crippen LogP contribution in [0.4, 0.5) is 4.39 Å². The molecule has 2 aliphatic rings. The first-order chi connectivity index (χ1) is 17.0. The fraction of sp³-hybridized carbons (Fsp3) is 0.300. The summed E-state index contributed by atoms with van der Waals surface area (Å²) in [5, 5.41) is 3.68. The van der Waals surface area contributed by atoms with Gasteiger partial charge in [-0.05, 0) is 78.1 Å². The lowest BCUT2D eigenvalue weighted by Gasteiger charge is -2.54. The highest BCUT2D eigenvalue weighted by molar-refractivity contribution is 6.06. The van der Waals surface area contributed by atoms with E-state index in [1.165, 1.54) is 25.3 Å². The minimum atomic E-state index is -0.305. The van der Waals surface area contributed by atoms with Crippen LogP contribution >= 0.6 is 0 Å². The summed E-state index contributed by atoms with van der Waals surface area (Å²) in [6, 6.07) is 21.3. The number of methoxy groups -OCH3 is 1. The molecule has 0 aliphatic heterocycles. The third kappa shape index (κ3) is 3.99. The summed E-state index contributed by atoms with van der Waals surface area (Å²) in [7, 11) is 1.66. The summed E-state index contributed by atoms with van der Waals surface area (Å²) in [6.45, 7) is 0.554. The Morgan fingerprint density at radius 3 is 2.57 bits per heavy atom. The van der Waals surface area contributed by atoms with E-state index < -0.39 is 0 Å². The summed E-state index contributed by atoms with van der Waals surface area (Å²) in [5.41, 5.74) is 4.94. The number of halogens is 1. The molecule has 178 valence electrons. The molecule has 0 atom stereocenters. The maximum Gasteiger partial charge on any atom is 0.253 e. The van der Waals surface area contributed by atoms with Crippen LogP contribution in [0.5, 0.6) is 5.75 Å². The predicted octanol–water partition coefficient (Wildman–Crippen LogP) is 6.57. The molecule has 0 radical (unpaired) electrons. The second-order valence-electron chi connectivity index (χ2n) is 10.2. The van der Waals surface area contributed by atoms with E-state index in [-0.39, 0.29) is 17.8 Å². The summed E-state index contributed by atoms with van der Waals surface area (Å²) < 4.78 is 21.9. The van der Waals surface area contributed by atoms with Crippen molar-refractivity contribution >= 4 is 16.8 Å². The SMILES string of the molecule is COc1cccc(-c2ccc(Cn3ccc4c(F)ccc(C(=O)NC5CC6(CCC6)C5)c43)cc2)c1. The Bertz CT molecular complexity index is 1390. The van der Waals surface area contributed by atoms with Gasteiger partial charge in [0, 0.05) is 24.2 Å². The minimum Gasteiger partial charge on any atom is -0.497 e. The summed E-state index contributed by atoms with van der Waals surface area (Å²) in [4.78, 5) is 13.2. The zero-order valence-electron chi connectivity index (χ0n) is 19.9. The second kappa shape index (κ2) is 8.56. The monoisotopic (exact) mass is 468 g/mol. The van der Waals surface area contributed by atoms with Gasteiger partial charge in [-0.3, -0.25) is 4.79 Å². The molecular formula is C30H29FN2O2. The normalized spacial score (nSPS) is 16.6. The van der Waals surface area contributed by atoms with Crippen LogP contribution in [0.2, 0.25) is 0 Å². The number of amides is 1. The lowest BCUT2D eigenvalue weighted by Crippen LogP contribution is -2.53. The van der Waals surface area contributed by atoms with Crippen LogP contribution in [-0.2, 0) is 6.54 Å². The van der Waals surface area contributed by atoms with E-state index in [0.717, 1.165) is 35.3 Å². The Morgan fingerprint density at radius 2 is 1.86 bits per heavy atom. The topological polar surface area (TPSA) is 43.3 Å². The smallest absolute Gasteiger partial charge is 0.253 e. The fourth-order valence-electron chi connectivity index (χ4n) is 5.84. The highest BCUT2D eigenvalue weighted by atomic mass is 19.1. The highest BCUT2D eigenvalue weighted by Gasteiger charge is 2.48. The van der Waals surface area contributed by atoms with E-state index in [1.54, 1.807) is 19.2 Å². The van der Waals surface area contributed by atoms with Crippen LogP contribution in [0.3, 0.4) is 0 Å². The number of hydrogen-bond acceptors (Lipinski definition) is 2. The number of benzene rings is 3. The van der Waals surface area contributed by atoms with Gasteiger partial charge in [0.05, 0.1) is 18.2 Å². The zero-order valence-corrected chi connectivity index (χ0v) is 19.9. The number of aromatic nitrogens is 1. The summed E-state index contributed by atoms with van der Waals surface area (Å²) >= 11 is 0. The van der Waals surface area contributed by atoms with Crippen molar-refractivity contribution < 1.29 is 13.9 Å². The van der Waals surface area contributed by atoms with Crippen LogP contribution in [0.1, 0.15) is 48.0 Å². The van der Waals surface area contributed by atoms with Gasteiger partial charge >= 0.3 is 0 Å². The van der Waals surface area contributed by atoms with Crippen LogP contribution in [-0.4, -0.2) is 23.6 Å². The Kier molecular flexibility index (Phi) is 5.36. The molecule has 2 saturated carbocycles. The largest absolute Gasteiger partial charge is 0.497 e. The van der Waals surface area contributed by atoms with Gasteiger partial charge in [-0.2, -0.15) is 0 Å². The molecule has 5 heteroatoms. The number of carbonyl (C=O) groups excluding carboxylic acids is 1. The molecule has 1 spiro atoms. The maximum absolute atomic E-state index is 14.6. The van der Waals surface area contributed by atoms with Crippen molar-refractivity contribution in [3.8, 4) is 16.9 Å². The fourth-order valence-corrected chi connectivity index (χ4v) is 5.84. The first-order valence-electron chi connectivity index (χ1n) is 12.4. The van der Waals surface area contributed by atoms with Crippen LogP contribution in [0.25, 0.3) is 22.0 Å². The second-order valence-corrected chi connectivity index (χ2v) is 10.2. The molecular weight excluding hydrogens is 439 g/mol. The molecule has 1 amide bonds. The number of hydrogen-bond donors (Lipinski definition) is 1. The van der Waals surface area contributed by atoms with Crippen molar-refractivity contribution in [3.05, 3.63) is 89.9 Å². The van der Waals surface area contributed by atoms with Crippen molar-refractivity contribution in [3.63, 3.8) is 0 Å². The van der Waals surface area contributed by atoms with Gasteiger partial charge in [-0.1, -0.05) is 42.8 Å². The van der Waals surface area contributed by atoms with Crippen molar-refractivity contribution in [1.29, 1.82) is 0 Å². The highest BCUT2D eigenvalue weighted by Crippen LogP contribution is 2.55. The van der Waals surface area contributed by atoms with Gasteiger partial charge in [0.1, 0.15) is 11.6 Å². The van der Waals surface area contributed by atoms with Gasteiger partial charge in [-0.15, -0.1) is 0 Å². The first kappa shape index (κ1) is 21.9. The zero-order chi connectivity index (χ0) is 24.0. The number of ether oxygens (including phenoxy) is 1. The van der Waals surface area contributed by atoms with Crippen LogP contribution in [0.15, 0.2) is 72.9 Å². The molecule has 1 heterocycles. The standard InChI is InChI=1S/C30H29FN2O2/c1-35-24-5-2-4-22(16-24)21-8-6-20(7-9-21)19-33-15-12-25-27(31)11-10-26(28(25)33)29(34)32-23-17-30(18-23)13-3-14-30/h2,4-12,15-16,23H,3,13-14,17-19H2,1H3,(H,32,34). The third-order valence-corrected chi connectivity index (χ3v) is 7.94. The molecule has 0 saturated heterocycles. The summed E-state index contributed by atoms with van der Waals surface area (Å²) in [5.74, 6) is 0.409. The lowest BCUT2D eigenvalue weighted by molar-refractivity contribution is -0.000603.